The standard InChI is InChI=1S/C8H18NO.AsF6/c1-3-9(8-10-2)6-4-5-7-9;2-1(3,4,5,6)7/h3-8H2,1-2H3;/q+1;-1. The summed E-state index contributed by atoms with van der Waals surface area (Å²) in [7, 11) is 1.80. The van der Waals surface area contributed by atoms with E-state index in [-0.39, 0.29) is 0 Å². The quantitative estimate of drug-likeness (QED) is 0.437. The van der Waals surface area contributed by atoms with Crippen LogP contribution in [0, 0.1) is 0 Å². The van der Waals surface area contributed by atoms with Gasteiger partial charge in [-0.15, -0.1) is 0 Å². The van der Waals surface area contributed by atoms with Gasteiger partial charge >= 0.3 is 35.0 Å². The number of hydrogen-bond donors (Lipinski definition) is 0. The molecule has 1 aliphatic rings. The molecule has 0 N–H and O–H groups in total. The molecule has 0 saturated carbocycles. The number of rotatable bonds is 3. The van der Waals surface area contributed by atoms with Crippen LogP contribution in [0.2, 0.25) is 0 Å². The molecule has 0 radical (unpaired) electrons. The predicted molar refractivity (Wildman–Crippen MR) is 54.0 cm³/mol. The van der Waals surface area contributed by atoms with Crippen molar-refractivity contribution in [3.8, 4) is 0 Å². The zero-order chi connectivity index (χ0) is 13.9. The zero-order valence-corrected chi connectivity index (χ0v) is 11.7. The van der Waals surface area contributed by atoms with Gasteiger partial charge in [0.25, 0.3) is 0 Å². The minimum atomic E-state index is -11.1. The summed E-state index contributed by atoms with van der Waals surface area (Å²) in [5.74, 6) is 0. The Balaban J connectivity index is 0.000000325. The fourth-order valence-corrected chi connectivity index (χ4v) is 1.82. The van der Waals surface area contributed by atoms with Crippen LogP contribution in [0.5, 0.6) is 0 Å². The Morgan fingerprint density at radius 2 is 1.35 bits per heavy atom. The number of halogens is 6. The third-order valence-electron chi connectivity index (χ3n) is 2.59. The van der Waals surface area contributed by atoms with E-state index in [9.17, 15) is 20.8 Å². The van der Waals surface area contributed by atoms with Crippen LogP contribution in [-0.4, -0.2) is 52.1 Å². The summed E-state index contributed by atoms with van der Waals surface area (Å²) in [6.45, 7) is 7.04. The molecule has 0 aromatic carbocycles. The van der Waals surface area contributed by atoms with E-state index in [1.54, 1.807) is 7.11 Å². The molecular weight excluding hydrogens is 315 g/mol. The molecule has 0 amide bonds. The first-order valence-electron chi connectivity index (χ1n) is 5.18. The topological polar surface area (TPSA) is 9.23 Å². The number of likely N-dealkylation sites (tertiary alicyclic amines) is 1. The van der Waals surface area contributed by atoms with E-state index in [1.807, 2.05) is 0 Å². The van der Waals surface area contributed by atoms with Crippen molar-refractivity contribution >= 4 is 14.2 Å². The molecule has 2 nitrogen and oxygen atoms in total. The van der Waals surface area contributed by atoms with E-state index in [1.165, 1.54) is 37.0 Å². The molecule has 1 heterocycles. The van der Waals surface area contributed by atoms with E-state index in [0.717, 1.165) is 6.73 Å². The number of nitrogens with zero attached hydrogens (tertiary/aromatic N) is 1. The number of methoxy groups -OCH3 is 1. The Hall–Kier alpha value is 0.0584. The Kier molecular flexibility index (Phi) is 4.64. The second-order valence-corrected chi connectivity index (χ2v) is 8.21. The van der Waals surface area contributed by atoms with Crippen LogP contribution < -0.4 is 0 Å². The first kappa shape index (κ1) is 17.1. The average molecular weight is 333 g/mol. The molecule has 1 aliphatic heterocycles. The van der Waals surface area contributed by atoms with Crippen LogP contribution in [0.15, 0.2) is 0 Å². The SMILES string of the molecule is CC[N+]1(COC)CCCC1.F[As-](F)(F)(F)(F)F. The average Bonchev–Trinajstić information content (AvgIpc) is 2.49. The molecule has 1 fully saturated rings. The second kappa shape index (κ2) is 4.63. The first-order chi connectivity index (χ1) is 7.28. The van der Waals surface area contributed by atoms with Gasteiger partial charge < -0.3 is 9.22 Å². The first-order valence-corrected chi connectivity index (χ1v) is 9.44. The molecule has 0 aliphatic carbocycles. The summed E-state index contributed by atoms with van der Waals surface area (Å²) in [6, 6.07) is 0. The van der Waals surface area contributed by atoms with Crippen molar-refractivity contribution in [1.29, 1.82) is 0 Å². The molecule has 0 aromatic rings. The molecule has 1 saturated heterocycles. The molecule has 0 unspecified atom stereocenters. The van der Waals surface area contributed by atoms with E-state index in [0.29, 0.717) is 0 Å². The maximum absolute atomic E-state index is 11.1. The van der Waals surface area contributed by atoms with Gasteiger partial charge in [0, 0.05) is 20.0 Å². The van der Waals surface area contributed by atoms with Gasteiger partial charge in [0.15, 0.2) is 6.73 Å². The van der Waals surface area contributed by atoms with Crippen LogP contribution in [0.1, 0.15) is 19.8 Å². The van der Waals surface area contributed by atoms with Crippen molar-refractivity contribution in [1.82, 2.24) is 0 Å². The van der Waals surface area contributed by atoms with Gasteiger partial charge in [-0.05, 0) is 6.92 Å². The Bertz CT molecular complexity index is 233. The summed E-state index contributed by atoms with van der Waals surface area (Å²) in [5, 5.41) is 0. The molecule has 0 spiro atoms. The predicted octanol–water partition coefficient (Wildman–Crippen LogP) is 3.36. The monoisotopic (exact) mass is 333 g/mol. The van der Waals surface area contributed by atoms with Gasteiger partial charge in [0.1, 0.15) is 0 Å². The van der Waals surface area contributed by atoms with Crippen LogP contribution >= 0.6 is 0 Å². The molecule has 1 rings (SSSR count). The Morgan fingerprint density at radius 1 is 1.00 bits per heavy atom. The number of hydrogen-bond acceptors (Lipinski definition) is 1. The maximum atomic E-state index is 9.91. The molecule has 108 valence electrons. The Morgan fingerprint density at radius 3 is 1.59 bits per heavy atom. The number of ether oxygens (including phenoxy) is 1. The third-order valence-corrected chi connectivity index (χ3v) is 2.59. The number of quaternary nitrogens is 1. The van der Waals surface area contributed by atoms with Crippen LogP contribution in [0.3, 0.4) is 0 Å². The van der Waals surface area contributed by atoms with E-state index in [4.69, 9.17) is 4.74 Å². The van der Waals surface area contributed by atoms with Crippen molar-refractivity contribution < 1.29 is 30.0 Å². The van der Waals surface area contributed by atoms with Gasteiger partial charge in [0.05, 0.1) is 19.6 Å². The van der Waals surface area contributed by atoms with E-state index >= 15 is 0 Å². The summed E-state index contributed by atoms with van der Waals surface area (Å²) in [6.07, 6.45) is 2.77. The van der Waals surface area contributed by atoms with Gasteiger partial charge in [0.2, 0.25) is 0 Å². The summed E-state index contributed by atoms with van der Waals surface area (Å²) in [4.78, 5) is 0. The van der Waals surface area contributed by atoms with Gasteiger partial charge in [-0.25, -0.2) is 0 Å². The fourth-order valence-electron chi connectivity index (χ4n) is 1.82. The van der Waals surface area contributed by atoms with Crippen molar-refractivity contribution in [3.63, 3.8) is 0 Å². The van der Waals surface area contributed by atoms with Crippen molar-refractivity contribution in [3.05, 3.63) is 0 Å². The molecule has 17 heavy (non-hydrogen) atoms. The third kappa shape index (κ3) is 12.3. The van der Waals surface area contributed by atoms with Crippen LogP contribution in [-0.2, 0) is 4.74 Å². The molecule has 0 aromatic heterocycles. The fraction of sp³-hybridized carbons (Fsp3) is 1.00. The summed E-state index contributed by atoms with van der Waals surface area (Å²) < 4.78 is 65.8. The zero-order valence-electron chi connectivity index (χ0n) is 9.81. The van der Waals surface area contributed by atoms with Gasteiger partial charge in [-0.1, -0.05) is 0 Å². The van der Waals surface area contributed by atoms with Gasteiger partial charge in [-0.3, -0.25) is 0 Å². The molecule has 0 bridgehead atoms. The van der Waals surface area contributed by atoms with E-state index in [2.05, 4.69) is 6.92 Å². The van der Waals surface area contributed by atoms with Gasteiger partial charge in [-0.2, -0.15) is 0 Å². The normalized spacial score (nSPS) is 23.3. The van der Waals surface area contributed by atoms with Crippen LogP contribution in [0.25, 0.3) is 0 Å². The van der Waals surface area contributed by atoms with Crippen LogP contribution in [0.4, 0.5) is 20.8 Å². The van der Waals surface area contributed by atoms with Crippen molar-refractivity contribution in [2.45, 2.75) is 19.8 Å². The summed E-state index contributed by atoms with van der Waals surface area (Å²) in [5.41, 5.74) is 0. The molecule has 0 atom stereocenters. The molecular formula is C8H18AsF6NO. The summed E-state index contributed by atoms with van der Waals surface area (Å²) >= 11 is -11.1. The minimum absolute atomic E-state index is 0.913. The van der Waals surface area contributed by atoms with Crippen molar-refractivity contribution in [2.24, 2.45) is 0 Å². The second-order valence-electron chi connectivity index (χ2n) is 4.19. The Labute approximate surface area is 98.0 Å². The molecule has 9 heteroatoms. The van der Waals surface area contributed by atoms with E-state index < -0.39 is 14.2 Å². The van der Waals surface area contributed by atoms with Crippen molar-refractivity contribution in [2.75, 3.05) is 33.5 Å².